The van der Waals surface area contributed by atoms with Crippen LogP contribution in [0.4, 0.5) is 0 Å². The van der Waals surface area contributed by atoms with Gasteiger partial charge in [-0.3, -0.25) is 24.0 Å². The van der Waals surface area contributed by atoms with E-state index in [1.807, 2.05) is 0 Å². The van der Waals surface area contributed by atoms with Crippen molar-refractivity contribution in [2.24, 2.45) is 5.73 Å². The molecule has 1 rings (SSSR count). The Morgan fingerprint density at radius 2 is 0.986 bits per heavy atom. The second-order valence-corrected chi connectivity index (χ2v) is 23.1. The molecule has 0 radical (unpaired) electrons. The molecular formula is C59H103N3O10S. The van der Waals surface area contributed by atoms with E-state index in [-0.39, 0.29) is 55.2 Å². The minimum Gasteiger partial charge on any atom is -0.462 e. The molecule has 0 saturated carbocycles. The van der Waals surface area contributed by atoms with Gasteiger partial charge < -0.3 is 35.3 Å². The normalized spacial score (nSPS) is 12.9. The van der Waals surface area contributed by atoms with Crippen LogP contribution in [0.2, 0.25) is 0 Å². The van der Waals surface area contributed by atoms with Gasteiger partial charge in [-0.1, -0.05) is 180 Å². The fraction of sp³-hybridized carbons (Fsp3) is 0.797. The third-order valence-electron chi connectivity index (χ3n) is 12.4. The van der Waals surface area contributed by atoms with Crippen LogP contribution < -0.4 is 16.4 Å². The summed E-state index contributed by atoms with van der Waals surface area (Å²) in [6.45, 7) is 15.0. The minimum atomic E-state index is -1.08. The Morgan fingerprint density at radius 3 is 1.44 bits per heavy atom. The zero-order valence-corrected chi connectivity index (χ0v) is 48.0. The number of unbranched alkanes of at least 4 members (excludes halogenated alkanes) is 24. The molecule has 0 saturated heterocycles. The number of rotatable bonds is 44. The van der Waals surface area contributed by atoms with Crippen molar-refractivity contribution >= 4 is 47.5 Å². The molecule has 0 aromatic heterocycles. The van der Waals surface area contributed by atoms with Gasteiger partial charge in [0.25, 0.3) is 5.91 Å². The topological polar surface area (TPSA) is 189 Å². The number of esters is 4. The van der Waals surface area contributed by atoms with Gasteiger partial charge in [-0.2, -0.15) is 11.8 Å². The Kier molecular flexibility index (Phi) is 38.4. The zero-order valence-electron chi connectivity index (χ0n) is 47.2. The highest BCUT2D eigenvalue weighted by Crippen LogP contribution is 2.18. The lowest BCUT2D eigenvalue weighted by molar-refractivity contribution is -0.158. The number of amides is 2. The minimum absolute atomic E-state index is 0.00339. The van der Waals surface area contributed by atoms with Crippen LogP contribution in [0.5, 0.6) is 0 Å². The molecule has 0 aliphatic heterocycles. The van der Waals surface area contributed by atoms with Crippen molar-refractivity contribution in [2.75, 3.05) is 18.1 Å². The molecule has 0 unspecified atom stereocenters. The number of nitrogens with two attached hydrogens (primary N) is 1. The van der Waals surface area contributed by atoms with E-state index in [1.54, 1.807) is 65.8 Å². The molecule has 2 amide bonds. The highest BCUT2D eigenvalue weighted by Gasteiger charge is 2.29. The Hall–Kier alpha value is -3.65. The first-order valence-corrected chi connectivity index (χ1v) is 29.8. The van der Waals surface area contributed by atoms with Crippen LogP contribution >= 0.6 is 11.8 Å². The van der Waals surface area contributed by atoms with Gasteiger partial charge in [0.15, 0.2) is 0 Å². The van der Waals surface area contributed by atoms with Crippen LogP contribution in [0.15, 0.2) is 24.3 Å². The number of carbonyl (C=O) groups excluding carboxylic acids is 6. The van der Waals surface area contributed by atoms with Gasteiger partial charge in [-0.05, 0) is 78.5 Å². The maximum absolute atomic E-state index is 13.2. The van der Waals surface area contributed by atoms with E-state index in [0.717, 1.165) is 44.1 Å². The Labute approximate surface area is 447 Å². The standard InChI is InChI=1S/C59H103N3O10S/c1-9-11-13-15-17-19-21-23-25-27-29-31-33-35-52(63)69-44-49(70-53(64)36-34-32-30-28-26-24-22-20-18-16-14-12-10-2)45-73-46-50(60)56(67)61-43-47-37-39-48(40-38-47)55(66)62-51(57(68)72-59(6,7)8)41-42-54(65)71-58(3,4)5/h37-40,49-51H,9-36,41-46,60H2,1-8H3,(H,61,67)(H,62,66)/t49-,50+,51+/m1/s1. The van der Waals surface area contributed by atoms with Crippen molar-refractivity contribution in [1.82, 2.24) is 10.6 Å². The fourth-order valence-corrected chi connectivity index (χ4v) is 9.18. The molecule has 0 spiro atoms. The van der Waals surface area contributed by atoms with Crippen LogP contribution in [0.1, 0.15) is 264 Å². The van der Waals surface area contributed by atoms with Gasteiger partial charge in [0.1, 0.15) is 30.0 Å². The third kappa shape index (κ3) is 39.4. The van der Waals surface area contributed by atoms with Gasteiger partial charge >= 0.3 is 23.9 Å². The van der Waals surface area contributed by atoms with Crippen molar-refractivity contribution < 1.29 is 47.7 Å². The summed E-state index contributed by atoms with van der Waals surface area (Å²) in [6, 6.07) is 4.60. The maximum Gasteiger partial charge on any atom is 0.329 e. The summed E-state index contributed by atoms with van der Waals surface area (Å²) in [6.07, 6.45) is 31.6. The Morgan fingerprint density at radius 1 is 0.548 bits per heavy atom. The third-order valence-corrected chi connectivity index (χ3v) is 13.6. The fourth-order valence-electron chi connectivity index (χ4n) is 8.21. The number of hydrogen-bond donors (Lipinski definition) is 3. The molecule has 420 valence electrons. The first-order chi connectivity index (χ1) is 34.8. The Bertz CT molecular complexity index is 1640. The average Bonchev–Trinajstić information content (AvgIpc) is 3.33. The molecule has 1 aromatic carbocycles. The van der Waals surface area contributed by atoms with Gasteiger partial charge in [-0.15, -0.1) is 0 Å². The van der Waals surface area contributed by atoms with E-state index >= 15 is 0 Å². The van der Waals surface area contributed by atoms with Gasteiger partial charge in [0, 0.05) is 42.9 Å². The van der Waals surface area contributed by atoms with Gasteiger partial charge in [0.05, 0.1) is 6.04 Å². The number of carbonyl (C=O) groups is 6. The van der Waals surface area contributed by atoms with Crippen molar-refractivity contribution in [1.29, 1.82) is 0 Å². The number of hydrogen-bond acceptors (Lipinski definition) is 12. The lowest BCUT2D eigenvalue weighted by Gasteiger charge is -2.25. The predicted octanol–water partition coefficient (Wildman–Crippen LogP) is 13.3. The van der Waals surface area contributed by atoms with E-state index in [2.05, 4.69) is 24.5 Å². The summed E-state index contributed by atoms with van der Waals surface area (Å²) in [7, 11) is 0. The second kappa shape index (κ2) is 41.6. The molecular weight excluding hydrogens is 943 g/mol. The van der Waals surface area contributed by atoms with Crippen LogP contribution in [0, 0.1) is 0 Å². The monoisotopic (exact) mass is 1050 g/mol. The molecule has 0 heterocycles. The molecule has 3 atom stereocenters. The summed E-state index contributed by atoms with van der Waals surface area (Å²) < 4.78 is 22.4. The number of nitrogens with one attached hydrogen (secondary N) is 2. The van der Waals surface area contributed by atoms with Crippen LogP contribution in [0.3, 0.4) is 0 Å². The quantitative estimate of drug-likeness (QED) is 0.0319. The highest BCUT2D eigenvalue weighted by atomic mass is 32.2. The van der Waals surface area contributed by atoms with Gasteiger partial charge in [-0.25, -0.2) is 4.79 Å². The Balaban J connectivity index is 2.65. The summed E-state index contributed by atoms with van der Waals surface area (Å²) in [4.78, 5) is 77.4. The van der Waals surface area contributed by atoms with Crippen LogP contribution in [-0.4, -0.2) is 83.2 Å². The summed E-state index contributed by atoms with van der Waals surface area (Å²) in [5.74, 6) is -2.10. The molecule has 0 aliphatic rings. The van der Waals surface area contributed by atoms with Crippen molar-refractivity contribution in [3.05, 3.63) is 35.4 Å². The summed E-state index contributed by atoms with van der Waals surface area (Å²) in [5, 5.41) is 5.54. The first kappa shape index (κ1) is 67.4. The number of ether oxygens (including phenoxy) is 4. The smallest absolute Gasteiger partial charge is 0.329 e. The van der Waals surface area contributed by atoms with Crippen LogP contribution in [0.25, 0.3) is 0 Å². The first-order valence-electron chi connectivity index (χ1n) is 28.6. The number of benzene rings is 1. The molecule has 14 heteroatoms. The van der Waals surface area contributed by atoms with Crippen molar-refractivity contribution in [2.45, 2.75) is 284 Å². The average molecular weight is 1050 g/mol. The molecule has 73 heavy (non-hydrogen) atoms. The van der Waals surface area contributed by atoms with E-state index in [0.29, 0.717) is 18.6 Å². The van der Waals surface area contributed by atoms with E-state index in [1.165, 1.54) is 140 Å². The maximum atomic E-state index is 13.2. The van der Waals surface area contributed by atoms with Gasteiger partial charge in [0.2, 0.25) is 5.91 Å². The van der Waals surface area contributed by atoms with Crippen molar-refractivity contribution in [3.8, 4) is 0 Å². The molecule has 1 aromatic rings. The van der Waals surface area contributed by atoms with Crippen LogP contribution in [-0.2, 0) is 49.5 Å². The summed E-state index contributed by atoms with van der Waals surface area (Å²) >= 11 is 1.36. The lowest BCUT2D eigenvalue weighted by Crippen LogP contribution is -2.44. The molecule has 0 bridgehead atoms. The second-order valence-electron chi connectivity index (χ2n) is 22.0. The zero-order chi connectivity index (χ0) is 54.2. The van der Waals surface area contributed by atoms with E-state index in [4.69, 9.17) is 24.7 Å². The molecule has 0 aliphatic carbocycles. The van der Waals surface area contributed by atoms with E-state index < -0.39 is 47.2 Å². The molecule has 0 fully saturated rings. The van der Waals surface area contributed by atoms with Crippen molar-refractivity contribution in [3.63, 3.8) is 0 Å². The SMILES string of the molecule is CCCCCCCCCCCCCCCC(=O)OC[C@H](CSC[C@H](N)C(=O)NCc1ccc(C(=O)N[C@@H](CCC(=O)OC(C)(C)C)C(=O)OC(C)(C)C)cc1)OC(=O)CCCCCCCCCCCCCCC. The molecule has 4 N–H and O–H groups in total. The highest BCUT2D eigenvalue weighted by molar-refractivity contribution is 7.99. The largest absolute Gasteiger partial charge is 0.462 e. The summed E-state index contributed by atoms with van der Waals surface area (Å²) in [5.41, 5.74) is 5.79. The number of thioether (sulfide) groups is 1. The van der Waals surface area contributed by atoms with E-state index in [9.17, 15) is 28.8 Å². The molecule has 13 nitrogen and oxygen atoms in total. The predicted molar refractivity (Wildman–Crippen MR) is 297 cm³/mol. The lowest BCUT2D eigenvalue weighted by atomic mass is 10.0.